The molecule has 0 bridgehead atoms. The van der Waals surface area contributed by atoms with E-state index in [0.29, 0.717) is 16.3 Å². The van der Waals surface area contributed by atoms with E-state index in [1.807, 2.05) is 4.90 Å². The number of carbonyl (C=O) groups excluding carboxylic acids is 1. The maximum Gasteiger partial charge on any atom is 0.328 e. The molecule has 27 heavy (non-hydrogen) atoms. The van der Waals surface area contributed by atoms with Gasteiger partial charge in [-0.15, -0.1) is 12.4 Å². The lowest BCUT2D eigenvalue weighted by Gasteiger charge is -2.39. The zero-order valence-electron chi connectivity index (χ0n) is 15.2. The topological polar surface area (TPSA) is 87.2 Å². The molecule has 7 nitrogen and oxygen atoms in total. The molecule has 4 rings (SSSR count). The molecule has 2 aliphatic rings. The number of benzene rings is 1. The lowest BCUT2D eigenvalue weighted by atomic mass is 9.78. The van der Waals surface area contributed by atoms with Crippen molar-refractivity contribution >= 4 is 29.2 Å². The number of carbonyl (C=O) groups is 1. The number of aromatic amines is 1. The second kappa shape index (κ2) is 7.86. The number of halogens is 1. The first-order valence-corrected chi connectivity index (χ1v) is 9.28. The zero-order chi connectivity index (χ0) is 18.1. The van der Waals surface area contributed by atoms with Gasteiger partial charge in [-0.25, -0.2) is 4.79 Å². The molecule has 0 saturated carbocycles. The SMILES string of the molecule is Cl.O=C(CCn1c(=O)[nH]c(=O)c2ccccc21)N1CCC2(CCNC2)CC1. The number of rotatable bonds is 3. The molecule has 0 aliphatic carbocycles. The van der Waals surface area contributed by atoms with Gasteiger partial charge < -0.3 is 10.2 Å². The number of fused-ring (bicyclic) bond motifs is 1. The summed E-state index contributed by atoms with van der Waals surface area (Å²) in [6.07, 6.45) is 3.57. The molecule has 2 aliphatic heterocycles. The number of hydrogen-bond acceptors (Lipinski definition) is 4. The molecule has 2 saturated heterocycles. The number of likely N-dealkylation sites (tertiary alicyclic amines) is 1. The highest BCUT2D eigenvalue weighted by atomic mass is 35.5. The average Bonchev–Trinajstić information content (AvgIpc) is 3.10. The second-order valence-electron chi connectivity index (χ2n) is 7.49. The predicted octanol–water partition coefficient (Wildman–Crippen LogP) is 1.10. The van der Waals surface area contributed by atoms with Gasteiger partial charge in [-0.1, -0.05) is 12.1 Å². The largest absolute Gasteiger partial charge is 0.343 e. The van der Waals surface area contributed by atoms with Crippen LogP contribution in [0, 0.1) is 5.41 Å². The molecule has 0 radical (unpaired) electrons. The first-order chi connectivity index (χ1) is 12.6. The summed E-state index contributed by atoms with van der Waals surface area (Å²) < 4.78 is 1.49. The highest BCUT2D eigenvalue weighted by Crippen LogP contribution is 2.36. The smallest absolute Gasteiger partial charge is 0.328 e. The normalized spacial score (nSPS) is 18.6. The molecule has 1 amide bonds. The molecule has 2 N–H and O–H groups in total. The maximum atomic E-state index is 12.6. The van der Waals surface area contributed by atoms with Crippen LogP contribution < -0.4 is 16.6 Å². The molecule has 0 unspecified atom stereocenters. The van der Waals surface area contributed by atoms with Gasteiger partial charge in [-0.3, -0.25) is 19.1 Å². The van der Waals surface area contributed by atoms with Crippen molar-refractivity contribution in [3.63, 3.8) is 0 Å². The average molecular weight is 393 g/mol. The minimum Gasteiger partial charge on any atom is -0.343 e. The minimum absolute atomic E-state index is 0. The Morgan fingerprint density at radius 1 is 1.11 bits per heavy atom. The third kappa shape index (κ3) is 3.80. The Hall–Kier alpha value is -2.12. The Morgan fingerprint density at radius 2 is 1.85 bits per heavy atom. The van der Waals surface area contributed by atoms with Crippen LogP contribution in [0.4, 0.5) is 0 Å². The molecule has 8 heteroatoms. The van der Waals surface area contributed by atoms with E-state index in [1.54, 1.807) is 24.3 Å². The zero-order valence-corrected chi connectivity index (χ0v) is 16.0. The third-order valence-corrected chi connectivity index (χ3v) is 5.96. The molecule has 1 aromatic heterocycles. The van der Waals surface area contributed by atoms with E-state index in [9.17, 15) is 14.4 Å². The van der Waals surface area contributed by atoms with Gasteiger partial charge in [0.15, 0.2) is 0 Å². The Bertz CT molecular complexity index is 936. The first-order valence-electron chi connectivity index (χ1n) is 9.28. The van der Waals surface area contributed by atoms with Crippen LogP contribution in [0.2, 0.25) is 0 Å². The van der Waals surface area contributed by atoms with Crippen LogP contribution in [0.3, 0.4) is 0 Å². The summed E-state index contributed by atoms with van der Waals surface area (Å²) in [7, 11) is 0. The standard InChI is InChI=1S/C19H24N4O3.ClH/c24-16(22-11-7-19(8-12-22)6-9-20-13-19)5-10-23-15-4-2-1-3-14(15)17(25)21-18(23)26;/h1-4,20H,5-13H2,(H,21,25,26);1H. The van der Waals surface area contributed by atoms with Crippen molar-refractivity contribution in [2.75, 3.05) is 26.2 Å². The van der Waals surface area contributed by atoms with E-state index in [1.165, 1.54) is 11.0 Å². The summed E-state index contributed by atoms with van der Waals surface area (Å²) in [6, 6.07) is 6.98. The Kier molecular flexibility index (Phi) is 5.72. The monoisotopic (exact) mass is 392 g/mol. The number of nitrogens with one attached hydrogen (secondary N) is 2. The van der Waals surface area contributed by atoms with E-state index in [4.69, 9.17) is 0 Å². The Labute approximate surface area is 163 Å². The van der Waals surface area contributed by atoms with Crippen molar-refractivity contribution in [2.45, 2.75) is 32.2 Å². The molecule has 146 valence electrons. The van der Waals surface area contributed by atoms with Gasteiger partial charge >= 0.3 is 5.69 Å². The van der Waals surface area contributed by atoms with Crippen LogP contribution in [0.25, 0.3) is 10.9 Å². The van der Waals surface area contributed by atoms with E-state index >= 15 is 0 Å². The first kappa shape index (κ1) is 19.6. The summed E-state index contributed by atoms with van der Waals surface area (Å²) in [4.78, 5) is 41.0. The van der Waals surface area contributed by atoms with Gasteiger partial charge in [0.25, 0.3) is 5.56 Å². The molecule has 1 aromatic carbocycles. The van der Waals surface area contributed by atoms with Gasteiger partial charge in [0.1, 0.15) is 0 Å². The predicted molar refractivity (Wildman–Crippen MR) is 106 cm³/mol. The molecule has 2 fully saturated rings. The van der Waals surface area contributed by atoms with Crippen LogP contribution in [-0.2, 0) is 11.3 Å². The Balaban J connectivity index is 0.00000210. The number of piperidine rings is 1. The number of amides is 1. The summed E-state index contributed by atoms with van der Waals surface area (Å²) in [6.45, 7) is 4.01. The molecular weight excluding hydrogens is 368 g/mol. The van der Waals surface area contributed by atoms with Gasteiger partial charge in [0.05, 0.1) is 10.9 Å². The van der Waals surface area contributed by atoms with Crippen LogP contribution in [0.15, 0.2) is 33.9 Å². The minimum atomic E-state index is -0.462. The maximum absolute atomic E-state index is 12.6. The van der Waals surface area contributed by atoms with Crippen LogP contribution in [0.1, 0.15) is 25.7 Å². The van der Waals surface area contributed by atoms with Crippen molar-refractivity contribution in [3.8, 4) is 0 Å². The van der Waals surface area contributed by atoms with Crippen molar-refractivity contribution in [1.82, 2.24) is 19.8 Å². The van der Waals surface area contributed by atoms with Crippen LogP contribution in [0.5, 0.6) is 0 Å². The molecule has 0 atom stereocenters. The quantitative estimate of drug-likeness (QED) is 0.819. The number of hydrogen-bond donors (Lipinski definition) is 2. The lowest BCUT2D eigenvalue weighted by molar-refractivity contribution is -0.133. The number of para-hydroxylation sites is 1. The fourth-order valence-corrected chi connectivity index (χ4v) is 4.28. The van der Waals surface area contributed by atoms with Crippen molar-refractivity contribution in [3.05, 3.63) is 45.1 Å². The van der Waals surface area contributed by atoms with Gasteiger partial charge in [0.2, 0.25) is 5.91 Å². The fraction of sp³-hybridized carbons (Fsp3) is 0.526. The molecule has 3 heterocycles. The van der Waals surface area contributed by atoms with E-state index < -0.39 is 5.69 Å². The van der Waals surface area contributed by atoms with Crippen LogP contribution in [-0.4, -0.2) is 46.5 Å². The molecular formula is C19H25ClN4O3. The van der Waals surface area contributed by atoms with E-state index in [-0.39, 0.29) is 36.8 Å². The highest BCUT2D eigenvalue weighted by Gasteiger charge is 2.37. The highest BCUT2D eigenvalue weighted by molar-refractivity contribution is 5.85. The van der Waals surface area contributed by atoms with E-state index in [2.05, 4.69) is 10.3 Å². The summed E-state index contributed by atoms with van der Waals surface area (Å²) in [5.74, 6) is 0.0768. The number of aryl methyl sites for hydroxylation is 1. The van der Waals surface area contributed by atoms with Crippen molar-refractivity contribution in [1.29, 1.82) is 0 Å². The van der Waals surface area contributed by atoms with E-state index in [0.717, 1.165) is 39.0 Å². The second-order valence-corrected chi connectivity index (χ2v) is 7.49. The van der Waals surface area contributed by atoms with Crippen LogP contribution >= 0.6 is 12.4 Å². The number of nitrogens with zero attached hydrogens (tertiary/aromatic N) is 2. The summed E-state index contributed by atoms with van der Waals surface area (Å²) >= 11 is 0. The third-order valence-electron chi connectivity index (χ3n) is 5.96. The lowest BCUT2D eigenvalue weighted by Crippen LogP contribution is -2.44. The fourth-order valence-electron chi connectivity index (χ4n) is 4.28. The van der Waals surface area contributed by atoms with Crippen molar-refractivity contribution < 1.29 is 4.79 Å². The van der Waals surface area contributed by atoms with Gasteiger partial charge in [0, 0.05) is 32.6 Å². The number of H-pyrrole nitrogens is 1. The molecule has 2 aromatic rings. The Morgan fingerprint density at radius 3 is 2.56 bits per heavy atom. The summed E-state index contributed by atoms with van der Waals surface area (Å²) in [5, 5.41) is 3.90. The summed E-state index contributed by atoms with van der Waals surface area (Å²) in [5.41, 5.74) is 0.0996. The number of aromatic nitrogens is 2. The molecule has 1 spiro atoms. The van der Waals surface area contributed by atoms with Gasteiger partial charge in [-0.2, -0.15) is 0 Å². The van der Waals surface area contributed by atoms with Crippen molar-refractivity contribution in [2.24, 2.45) is 5.41 Å². The van der Waals surface area contributed by atoms with Gasteiger partial charge in [-0.05, 0) is 43.4 Å².